The fourth-order valence-electron chi connectivity index (χ4n) is 4.07. The normalized spacial score (nSPS) is 37.5. The molecular weight excluding hydrogens is 232 g/mol. The first-order valence-electron chi connectivity index (χ1n) is 8.38. The molecule has 108 valence electrons. The summed E-state index contributed by atoms with van der Waals surface area (Å²) in [6.07, 6.45) is 10.4. The molecule has 0 spiro atoms. The summed E-state index contributed by atoms with van der Waals surface area (Å²) in [4.78, 5) is 2.67. The molecule has 0 aromatic heterocycles. The molecule has 2 rings (SSSR count). The minimum absolute atomic E-state index is 0.293. The van der Waals surface area contributed by atoms with Crippen LogP contribution >= 0.6 is 0 Å². The van der Waals surface area contributed by atoms with Gasteiger partial charge in [0.1, 0.15) is 0 Å². The van der Waals surface area contributed by atoms with Gasteiger partial charge in [0.05, 0.1) is 12.0 Å². The lowest BCUT2D eigenvalue weighted by atomic mass is 9.76. The topological polar surface area (TPSA) is 27.0 Å². The molecule has 1 heterocycles. The third kappa shape index (κ3) is 3.96. The van der Waals surface area contributed by atoms with Gasteiger partial charge in [-0.05, 0) is 63.5 Å². The zero-order valence-corrected chi connectivity index (χ0v) is 12.8. The van der Waals surface area contributed by atoms with Crippen molar-refractivity contribution < 1.29 is 0 Å². The van der Waals surface area contributed by atoms with Gasteiger partial charge >= 0.3 is 0 Å². The van der Waals surface area contributed by atoms with E-state index < -0.39 is 0 Å². The van der Waals surface area contributed by atoms with Crippen LogP contribution in [0.5, 0.6) is 0 Å². The van der Waals surface area contributed by atoms with Gasteiger partial charge in [0.25, 0.3) is 0 Å². The van der Waals surface area contributed by atoms with Crippen molar-refractivity contribution in [3.63, 3.8) is 0 Å². The molecule has 2 fully saturated rings. The van der Waals surface area contributed by atoms with Crippen LogP contribution in [0.15, 0.2) is 0 Å². The number of rotatable bonds is 3. The van der Waals surface area contributed by atoms with Gasteiger partial charge in [-0.1, -0.05) is 26.7 Å². The van der Waals surface area contributed by atoms with E-state index in [1.807, 2.05) is 0 Å². The maximum absolute atomic E-state index is 9.45. The fraction of sp³-hybridized carbons (Fsp3) is 0.941. The predicted molar refractivity (Wildman–Crippen MR) is 79.7 cm³/mol. The van der Waals surface area contributed by atoms with E-state index in [0.717, 1.165) is 18.3 Å². The number of nitriles is 1. The molecular formula is C17H30N2. The summed E-state index contributed by atoms with van der Waals surface area (Å²) in [5.41, 5.74) is 0. The lowest BCUT2D eigenvalue weighted by Gasteiger charge is -2.40. The van der Waals surface area contributed by atoms with Crippen LogP contribution in [0.3, 0.4) is 0 Å². The van der Waals surface area contributed by atoms with Crippen molar-refractivity contribution in [2.24, 2.45) is 17.8 Å². The van der Waals surface area contributed by atoms with Gasteiger partial charge in [-0.3, -0.25) is 4.90 Å². The minimum Gasteiger partial charge on any atom is -0.299 e. The molecule has 19 heavy (non-hydrogen) atoms. The van der Waals surface area contributed by atoms with Crippen LogP contribution in [0.2, 0.25) is 0 Å². The molecule has 0 aromatic rings. The first-order valence-corrected chi connectivity index (χ1v) is 8.38. The average Bonchev–Trinajstić information content (AvgIpc) is 2.64. The molecule has 0 amide bonds. The number of hydrogen-bond acceptors (Lipinski definition) is 2. The van der Waals surface area contributed by atoms with Gasteiger partial charge in [0.15, 0.2) is 0 Å². The van der Waals surface area contributed by atoms with Crippen LogP contribution in [0.4, 0.5) is 0 Å². The molecule has 4 atom stereocenters. The maximum Gasteiger partial charge on any atom is 0.0672 e. The van der Waals surface area contributed by atoms with Gasteiger partial charge in [0.2, 0.25) is 0 Å². The summed E-state index contributed by atoms with van der Waals surface area (Å²) in [7, 11) is 0. The second-order valence-corrected chi connectivity index (χ2v) is 6.84. The molecule has 0 aromatic carbocycles. The highest BCUT2D eigenvalue weighted by Gasteiger charge is 2.34. The van der Waals surface area contributed by atoms with E-state index >= 15 is 0 Å². The summed E-state index contributed by atoms with van der Waals surface area (Å²) in [5, 5.41) is 9.45. The van der Waals surface area contributed by atoms with Gasteiger partial charge in [-0.2, -0.15) is 5.26 Å². The highest BCUT2D eigenvalue weighted by Crippen LogP contribution is 2.35. The Kier molecular flexibility index (Phi) is 5.70. The Morgan fingerprint density at radius 3 is 2.74 bits per heavy atom. The Labute approximate surface area is 119 Å². The third-order valence-electron chi connectivity index (χ3n) is 5.31. The molecule has 2 nitrogen and oxygen atoms in total. The van der Waals surface area contributed by atoms with Gasteiger partial charge in [0, 0.05) is 6.04 Å². The van der Waals surface area contributed by atoms with Crippen molar-refractivity contribution in [3.8, 4) is 6.07 Å². The van der Waals surface area contributed by atoms with Crippen LogP contribution in [0, 0.1) is 29.1 Å². The second-order valence-electron chi connectivity index (χ2n) is 6.84. The highest BCUT2D eigenvalue weighted by atomic mass is 15.2. The molecule has 0 bridgehead atoms. The quantitative estimate of drug-likeness (QED) is 0.761. The van der Waals surface area contributed by atoms with Crippen molar-refractivity contribution in [2.45, 2.75) is 71.3 Å². The van der Waals surface area contributed by atoms with Crippen LogP contribution in [-0.4, -0.2) is 24.0 Å². The molecule has 1 saturated heterocycles. The van der Waals surface area contributed by atoms with E-state index in [2.05, 4.69) is 24.8 Å². The standard InChI is InChI=1S/C17H30N2/c1-3-5-15-7-8-16(13-18)17(12-15)19-10-4-6-14(2)9-11-19/h14-17H,3-12H2,1-2H3. The van der Waals surface area contributed by atoms with E-state index in [-0.39, 0.29) is 0 Å². The summed E-state index contributed by atoms with van der Waals surface area (Å²) in [6, 6.07) is 3.16. The Bertz CT molecular complexity index is 307. The minimum atomic E-state index is 0.293. The molecule has 0 N–H and O–H groups in total. The van der Waals surface area contributed by atoms with E-state index in [4.69, 9.17) is 0 Å². The molecule has 0 radical (unpaired) electrons. The average molecular weight is 262 g/mol. The third-order valence-corrected chi connectivity index (χ3v) is 5.31. The van der Waals surface area contributed by atoms with E-state index in [0.29, 0.717) is 12.0 Å². The molecule has 1 saturated carbocycles. The van der Waals surface area contributed by atoms with Crippen molar-refractivity contribution in [1.82, 2.24) is 4.90 Å². The zero-order chi connectivity index (χ0) is 13.7. The first kappa shape index (κ1) is 14.9. The van der Waals surface area contributed by atoms with Crippen molar-refractivity contribution >= 4 is 0 Å². The Balaban J connectivity index is 1.98. The van der Waals surface area contributed by atoms with Crippen LogP contribution in [0.1, 0.15) is 65.2 Å². The molecule has 2 aliphatic rings. The fourth-order valence-corrected chi connectivity index (χ4v) is 4.07. The molecule has 4 unspecified atom stereocenters. The smallest absolute Gasteiger partial charge is 0.0672 e. The van der Waals surface area contributed by atoms with Crippen molar-refractivity contribution in [1.29, 1.82) is 5.26 Å². The lowest BCUT2D eigenvalue weighted by Crippen LogP contribution is -2.44. The number of hydrogen-bond donors (Lipinski definition) is 0. The Hall–Kier alpha value is -0.550. The van der Waals surface area contributed by atoms with E-state index in [1.165, 1.54) is 58.0 Å². The maximum atomic E-state index is 9.45. The predicted octanol–water partition coefficient (Wildman–Crippen LogP) is 4.22. The van der Waals surface area contributed by atoms with Crippen LogP contribution < -0.4 is 0 Å². The Morgan fingerprint density at radius 1 is 1.16 bits per heavy atom. The van der Waals surface area contributed by atoms with Crippen LogP contribution in [-0.2, 0) is 0 Å². The number of nitrogens with zero attached hydrogens (tertiary/aromatic N) is 2. The van der Waals surface area contributed by atoms with Gasteiger partial charge in [-0.15, -0.1) is 0 Å². The highest BCUT2D eigenvalue weighted by molar-refractivity contribution is 4.98. The van der Waals surface area contributed by atoms with Crippen molar-refractivity contribution in [3.05, 3.63) is 0 Å². The molecule has 2 heteroatoms. The molecule has 1 aliphatic carbocycles. The Morgan fingerprint density at radius 2 is 2.00 bits per heavy atom. The van der Waals surface area contributed by atoms with E-state index in [9.17, 15) is 5.26 Å². The summed E-state index contributed by atoms with van der Waals surface area (Å²) in [6.45, 7) is 7.12. The number of likely N-dealkylation sites (tertiary alicyclic amines) is 1. The zero-order valence-electron chi connectivity index (χ0n) is 12.8. The second kappa shape index (κ2) is 7.29. The largest absolute Gasteiger partial charge is 0.299 e. The van der Waals surface area contributed by atoms with Gasteiger partial charge < -0.3 is 0 Å². The summed E-state index contributed by atoms with van der Waals surface area (Å²) >= 11 is 0. The summed E-state index contributed by atoms with van der Waals surface area (Å²) < 4.78 is 0. The SMILES string of the molecule is CCCC1CCC(C#N)C(N2CCCC(C)CC2)C1. The summed E-state index contributed by atoms with van der Waals surface area (Å²) in [5.74, 6) is 2.04. The first-order chi connectivity index (χ1) is 9.24. The monoisotopic (exact) mass is 262 g/mol. The van der Waals surface area contributed by atoms with Crippen molar-refractivity contribution in [2.75, 3.05) is 13.1 Å². The van der Waals surface area contributed by atoms with Crippen LogP contribution in [0.25, 0.3) is 0 Å². The lowest BCUT2D eigenvalue weighted by molar-refractivity contribution is 0.100. The van der Waals surface area contributed by atoms with Gasteiger partial charge in [-0.25, -0.2) is 0 Å². The molecule has 1 aliphatic heterocycles. The van der Waals surface area contributed by atoms with E-state index in [1.54, 1.807) is 0 Å².